The Morgan fingerprint density at radius 1 is 1.00 bits per heavy atom. The molecule has 32 heavy (non-hydrogen) atoms. The third-order valence-electron chi connectivity index (χ3n) is 6.44. The van der Waals surface area contributed by atoms with Gasteiger partial charge in [0, 0.05) is 38.5 Å². The molecule has 3 heterocycles. The maximum absolute atomic E-state index is 12.8. The van der Waals surface area contributed by atoms with Gasteiger partial charge in [0.05, 0.1) is 20.1 Å². The average molecular weight is 440 g/mol. The van der Waals surface area contributed by atoms with Crippen molar-refractivity contribution in [3.05, 3.63) is 41.5 Å². The van der Waals surface area contributed by atoms with Crippen molar-refractivity contribution < 1.29 is 14.3 Å². The third-order valence-corrected chi connectivity index (χ3v) is 6.44. The highest BCUT2D eigenvalue weighted by atomic mass is 16.5. The van der Waals surface area contributed by atoms with Crippen LogP contribution in [0.4, 0.5) is 0 Å². The fourth-order valence-corrected chi connectivity index (χ4v) is 4.59. The van der Waals surface area contributed by atoms with E-state index >= 15 is 0 Å². The van der Waals surface area contributed by atoms with E-state index < -0.39 is 0 Å². The lowest BCUT2D eigenvalue weighted by atomic mass is 9.95. The molecule has 1 fully saturated rings. The van der Waals surface area contributed by atoms with Crippen LogP contribution in [0.15, 0.2) is 24.3 Å². The van der Waals surface area contributed by atoms with Crippen LogP contribution in [-0.4, -0.2) is 63.1 Å². The Bertz CT molecular complexity index is 945. The molecule has 2 aliphatic rings. The maximum Gasteiger partial charge on any atom is 0.227 e. The molecule has 0 atom stereocenters. The van der Waals surface area contributed by atoms with Gasteiger partial charge in [-0.05, 0) is 36.5 Å². The van der Waals surface area contributed by atoms with Crippen LogP contribution in [0.2, 0.25) is 0 Å². The van der Waals surface area contributed by atoms with Gasteiger partial charge in [-0.2, -0.15) is 0 Å². The van der Waals surface area contributed by atoms with Crippen molar-refractivity contribution in [3.8, 4) is 5.75 Å². The van der Waals surface area contributed by atoms with Crippen LogP contribution < -0.4 is 4.74 Å². The lowest BCUT2D eigenvalue weighted by molar-refractivity contribution is -0.133. The van der Waals surface area contributed by atoms with Crippen LogP contribution in [0.5, 0.6) is 5.75 Å². The van der Waals surface area contributed by atoms with Crippen LogP contribution in [0, 0.1) is 5.92 Å². The molecule has 2 amide bonds. The van der Waals surface area contributed by atoms with Crippen molar-refractivity contribution in [2.24, 2.45) is 5.92 Å². The van der Waals surface area contributed by atoms with E-state index in [1.807, 2.05) is 34.1 Å². The summed E-state index contributed by atoms with van der Waals surface area (Å²) in [5.74, 6) is 3.72. The van der Waals surface area contributed by atoms with E-state index in [4.69, 9.17) is 4.74 Å². The van der Waals surface area contributed by atoms with Gasteiger partial charge in [0.25, 0.3) is 0 Å². The Labute approximate surface area is 189 Å². The third kappa shape index (κ3) is 4.95. The van der Waals surface area contributed by atoms with E-state index in [2.05, 4.69) is 28.6 Å². The molecule has 0 radical (unpaired) electrons. The number of piperidine rings is 1. The molecule has 2 aromatic rings. The number of hydrogen-bond acceptors (Lipinski definition) is 5. The molecule has 8 nitrogen and oxygen atoms in total. The first-order valence-corrected chi connectivity index (χ1v) is 11.5. The molecule has 1 aromatic carbocycles. The summed E-state index contributed by atoms with van der Waals surface area (Å²) in [6.45, 7) is 7.61. The number of hydrogen-bond donors (Lipinski definition) is 0. The number of fused-ring (bicyclic) bond motifs is 1. The number of methoxy groups -OCH3 is 1. The first-order chi connectivity index (χ1) is 15.4. The number of nitrogens with zero attached hydrogens (tertiary/aromatic N) is 5. The number of rotatable bonds is 6. The van der Waals surface area contributed by atoms with Gasteiger partial charge in [0.1, 0.15) is 11.6 Å². The minimum atomic E-state index is 0.0999. The van der Waals surface area contributed by atoms with E-state index in [-0.39, 0.29) is 11.8 Å². The van der Waals surface area contributed by atoms with Crippen LogP contribution in [0.3, 0.4) is 0 Å². The number of carbonyl (C=O) groups excluding carboxylic acids is 2. The van der Waals surface area contributed by atoms with Crippen LogP contribution in [0.25, 0.3) is 0 Å². The number of aromatic nitrogens is 3. The smallest absolute Gasteiger partial charge is 0.227 e. The molecule has 0 aliphatic carbocycles. The Morgan fingerprint density at radius 3 is 2.38 bits per heavy atom. The quantitative estimate of drug-likeness (QED) is 0.691. The maximum atomic E-state index is 12.8. The summed E-state index contributed by atoms with van der Waals surface area (Å²) >= 11 is 0. The van der Waals surface area contributed by atoms with Crippen molar-refractivity contribution in [1.82, 2.24) is 24.6 Å². The first kappa shape index (κ1) is 22.3. The summed E-state index contributed by atoms with van der Waals surface area (Å²) in [6.07, 6.45) is 2.82. The van der Waals surface area contributed by atoms with Gasteiger partial charge < -0.3 is 19.1 Å². The van der Waals surface area contributed by atoms with Gasteiger partial charge in [-0.1, -0.05) is 26.0 Å². The van der Waals surface area contributed by atoms with Gasteiger partial charge in [-0.25, -0.2) is 0 Å². The highest BCUT2D eigenvalue weighted by molar-refractivity contribution is 5.79. The summed E-state index contributed by atoms with van der Waals surface area (Å²) in [5.41, 5.74) is 0.974. The molecule has 0 spiro atoms. The predicted octanol–water partition coefficient (Wildman–Crippen LogP) is 2.62. The van der Waals surface area contributed by atoms with E-state index in [1.54, 1.807) is 7.11 Å². The molecule has 0 bridgehead atoms. The highest BCUT2D eigenvalue weighted by Gasteiger charge is 2.31. The monoisotopic (exact) mass is 439 g/mol. The van der Waals surface area contributed by atoms with Crippen molar-refractivity contribution in [2.75, 3.05) is 26.7 Å². The highest BCUT2D eigenvalue weighted by Crippen LogP contribution is 2.29. The Hall–Kier alpha value is -2.90. The minimum Gasteiger partial charge on any atom is -0.497 e. The lowest BCUT2D eigenvalue weighted by Gasteiger charge is -2.33. The number of likely N-dealkylation sites (tertiary alicyclic amines) is 1. The molecular weight excluding hydrogens is 406 g/mol. The van der Waals surface area contributed by atoms with Gasteiger partial charge in [0.15, 0.2) is 5.82 Å². The van der Waals surface area contributed by atoms with Gasteiger partial charge in [-0.3, -0.25) is 9.59 Å². The van der Waals surface area contributed by atoms with E-state index in [1.165, 1.54) is 0 Å². The Morgan fingerprint density at radius 2 is 1.72 bits per heavy atom. The normalized spacial score (nSPS) is 16.9. The van der Waals surface area contributed by atoms with Crippen LogP contribution >= 0.6 is 0 Å². The summed E-state index contributed by atoms with van der Waals surface area (Å²) in [7, 11) is 1.63. The number of benzene rings is 1. The molecule has 8 heteroatoms. The van der Waals surface area contributed by atoms with Gasteiger partial charge in [0.2, 0.25) is 11.8 Å². The second-order valence-corrected chi connectivity index (χ2v) is 9.22. The van der Waals surface area contributed by atoms with E-state index in [0.717, 1.165) is 55.4 Å². The SMILES string of the molecule is COc1ccc(CC(=O)N2CCn3c(nnc3C3CCN(C(=O)CC(C)C)CC3)C2)cc1. The fraction of sp³-hybridized carbons (Fsp3) is 0.583. The van der Waals surface area contributed by atoms with Gasteiger partial charge in [-0.15, -0.1) is 10.2 Å². The standard InChI is InChI=1S/C24H33N5O3/c1-17(2)14-22(30)27-10-8-19(9-11-27)24-26-25-21-16-28(12-13-29(21)24)23(31)15-18-4-6-20(32-3)7-5-18/h4-7,17,19H,8-16H2,1-3H3. The van der Waals surface area contributed by atoms with Crippen molar-refractivity contribution in [2.45, 2.75) is 58.5 Å². The van der Waals surface area contributed by atoms with Crippen molar-refractivity contribution in [3.63, 3.8) is 0 Å². The number of ether oxygens (including phenoxy) is 1. The zero-order valence-electron chi connectivity index (χ0n) is 19.3. The molecule has 0 saturated carbocycles. The topological polar surface area (TPSA) is 80.6 Å². The summed E-state index contributed by atoms with van der Waals surface area (Å²) in [6, 6.07) is 7.62. The second kappa shape index (κ2) is 9.71. The van der Waals surface area contributed by atoms with Crippen LogP contribution in [-0.2, 0) is 29.1 Å². The molecule has 172 valence electrons. The minimum absolute atomic E-state index is 0.0999. The lowest BCUT2D eigenvalue weighted by Crippen LogP contribution is -2.41. The van der Waals surface area contributed by atoms with E-state index in [9.17, 15) is 9.59 Å². The number of carbonyl (C=O) groups is 2. The molecule has 1 aromatic heterocycles. The largest absolute Gasteiger partial charge is 0.497 e. The first-order valence-electron chi connectivity index (χ1n) is 11.5. The van der Waals surface area contributed by atoms with E-state index in [0.29, 0.717) is 37.8 Å². The zero-order valence-corrected chi connectivity index (χ0v) is 19.3. The van der Waals surface area contributed by atoms with Gasteiger partial charge >= 0.3 is 0 Å². The Balaban J connectivity index is 1.34. The summed E-state index contributed by atoms with van der Waals surface area (Å²) in [5, 5.41) is 8.90. The molecule has 1 saturated heterocycles. The molecule has 4 rings (SSSR count). The van der Waals surface area contributed by atoms with Crippen molar-refractivity contribution >= 4 is 11.8 Å². The fourth-order valence-electron chi connectivity index (χ4n) is 4.59. The summed E-state index contributed by atoms with van der Waals surface area (Å²) in [4.78, 5) is 29.0. The molecule has 0 unspecified atom stereocenters. The Kier molecular flexibility index (Phi) is 6.77. The number of amides is 2. The summed E-state index contributed by atoms with van der Waals surface area (Å²) < 4.78 is 7.37. The zero-order chi connectivity index (χ0) is 22.7. The molecule has 2 aliphatic heterocycles. The van der Waals surface area contributed by atoms with Crippen molar-refractivity contribution in [1.29, 1.82) is 0 Å². The second-order valence-electron chi connectivity index (χ2n) is 9.22. The molecule has 0 N–H and O–H groups in total. The average Bonchev–Trinajstić information content (AvgIpc) is 3.22. The predicted molar refractivity (Wildman–Crippen MR) is 120 cm³/mol. The van der Waals surface area contributed by atoms with Crippen LogP contribution in [0.1, 0.15) is 56.2 Å². The molecular formula is C24H33N5O3.